The van der Waals surface area contributed by atoms with Crippen molar-refractivity contribution in [2.45, 2.75) is 33.9 Å². The molecule has 1 unspecified atom stereocenters. The lowest BCUT2D eigenvalue weighted by atomic mass is 9.91. The Balaban J connectivity index is 3.06. The van der Waals surface area contributed by atoms with Gasteiger partial charge in [0.05, 0.1) is 16.8 Å². The summed E-state index contributed by atoms with van der Waals surface area (Å²) in [6.07, 6.45) is -1.48. The largest absolute Gasteiger partial charge is 0.450 e. The quantitative estimate of drug-likeness (QED) is 0.769. The molecule has 1 amide bonds. The van der Waals surface area contributed by atoms with E-state index in [1.807, 2.05) is 20.8 Å². The molecule has 0 aromatic rings. The number of hydrogen-bond acceptors (Lipinski definition) is 5. The second kappa shape index (κ2) is 5.92. The number of amides is 1. The Labute approximate surface area is 121 Å². The summed E-state index contributed by atoms with van der Waals surface area (Å²) in [5.74, 6) is 0.263. The van der Waals surface area contributed by atoms with Crippen LogP contribution in [0.3, 0.4) is 0 Å². The highest BCUT2D eigenvalue weighted by atomic mass is 79.9. The highest BCUT2D eigenvalue weighted by Crippen LogP contribution is 2.36. The van der Waals surface area contributed by atoms with Gasteiger partial charge in [0, 0.05) is 12.5 Å². The maximum atomic E-state index is 11.5. The summed E-state index contributed by atoms with van der Waals surface area (Å²) in [5.41, 5.74) is 0.424. The summed E-state index contributed by atoms with van der Waals surface area (Å²) < 4.78 is 5.40. The molecule has 1 atom stereocenters. The van der Waals surface area contributed by atoms with Crippen LogP contribution < -0.4 is 5.32 Å². The van der Waals surface area contributed by atoms with Gasteiger partial charge in [-0.25, -0.2) is 9.79 Å². The first-order valence-electron chi connectivity index (χ1n) is 6.02. The van der Waals surface area contributed by atoms with Gasteiger partial charge in [0.15, 0.2) is 6.23 Å². The first kappa shape index (κ1) is 16.0. The van der Waals surface area contributed by atoms with Gasteiger partial charge in [-0.2, -0.15) is 0 Å². The lowest BCUT2D eigenvalue weighted by Crippen LogP contribution is -2.50. The zero-order valence-electron chi connectivity index (χ0n) is 11.8. The van der Waals surface area contributed by atoms with Crippen molar-refractivity contribution in [3.8, 4) is 0 Å². The molecule has 1 aliphatic rings. The Morgan fingerprint density at radius 3 is 2.63 bits per heavy atom. The number of hydrogen-bond donors (Lipinski definition) is 2. The van der Waals surface area contributed by atoms with E-state index in [2.05, 4.69) is 26.2 Å². The van der Waals surface area contributed by atoms with E-state index in [0.29, 0.717) is 10.2 Å². The van der Waals surface area contributed by atoms with Crippen molar-refractivity contribution >= 4 is 28.0 Å². The molecule has 6 nitrogen and oxygen atoms in total. The maximum Gasteiger partial charge on any atom is 0.413 e. The van der Waals surface area contributed by atoms with Crippen molar-refractivity contribution in [1.82, 2.24) is 10.2 Å². The third kappa shape index (κ3) is 3.70. The van der Waals surface area contributed by atoms with Crippen molar-refractivity contribution in [2.75, 3.05) is 13.7 Å². The zero-order valence-corrected chi connectivity index (χ0v) is 13.4. The summed E-state index contributed by atoms with van der Waals surface area (Å²) in [6, 6.07) is 0. The Bertz CT molecular complexity index is 426. The minimum Gasteiger partial charge on any atom is -0.450 e. The number of nitrogens with one attached hydrogen (secondary N) is 1. The third-order valence-corrected chi connectivity index (χ3v) is 3.36. The van der Waals surface area contributed by atoms with Crippen LogP contribution in [0.15, 0.2) is 15.2 Å². The van der Waals surface area contributed by atoms with Gasteiger partial charge in [-0.15, -0.1) is 0 Å². The van der Waals surface area contributed by atoms with Crippen LogP contribution in [0.1, 0.15) is 27.7 Å². The minimum atomic E-state index is -0.886. The number of alkyl carbamates (subject to hydrolysis) is 1. The smallest absolute Gasteiger partial charge is 0.413 e. The first-order valence-corrected chi connectivity index (χ1v) is 6.81. The Morgan fingerprint density at radius 2 is 2.16 bits per heavy atom. The van der Waals surface area contributed by atoms with Crippen LogP contribution in [-0.2, 0) is 4.74 Å². The molecule has 1 heterocycles. The molecule has 0 fully saturated rings. The fourth-order valence-corrected chi connectivity index (χ4v) is 2.54. The predicted molar refractivity (Wildman–Crippen MR) is 76.8 cm³/mol. The number of aliphatic hydroxyl groups is 1. The number of aliphatic hydroxyl groups excluding tert-OH is 1. The molecule has 0 aliphatic carbocycles. The summed E-state index contributed by atoms with van der Waals surface area (Å²) >= 11 is 3.36. The Hall–Kier alpha value is -1.08. The fourth-order valence-electron chi connectivity index (χ4n) is 1.55. The minimum absolute atomic E-state index is 0.261. The number of allylic oxidation sites excluding steroid dienone is 1. The van der Waals surface area contributed by atoms with E-state index in [9.17, 15) is 9.90 Å². The number of carbonyl (C=O) groups is 1. The number of likely N-dealkylation sites (N-methyl/N-ethyl adjacent to an activating group) is 1. The summed E-state index contributed by atoms with van der Waals surface area (Å²) in [4.78, 5) is 17.3. The molecule has 0 saturated heterocycles. The van der Waals surface area contributed by atoms with E-state index >= 15 is 0 Å². The van der Waals surface area contributed by atoms with Crippen LogP contribution in [0.25, 0.3) is 0 Å². The van der Waals surface area contributed by atoms with E-state index < -0.39 is 12.3 Å². The van der Waals surface area contributed by atoms with E-state index in [1.54, 1.807) is 14.0 Å². The van der Waals surface area contributed by atoms with Gasteiger partial charge in [-0.05, 0) is 22.9 Å². The van der Waals surface area contributed by atoms with Crippen LogP contribution in [-0.4, -0.2) is 41.9 Å². The molecule has 7 heteroatoms. The van der Waals surface area contributed by atoms with Crippen molar-refractivity contribution in [3.05, 3.63) is 10.2 Å². The predicted octanol–water partition coefficient (Wildman–Crippen LogP) is 2.00. The van der Waals surface area contributed by atoms with Gasteiger partial charge < -0.3 is 14.7 Å². The number of rotatable bonds is 1. The number of guanidine groups is 1. The molecule has 0 spiro atoms. The molecule has 0 radical (unpaired) electrons. The van der Waals surface area contributed by atoms with Crippen molar-refractivity contribution in [2.24, 2.45) is 10.4 Å². The summed E-state index contributed by atoms with van der Waals surface area (Å²) in [7, 11) is 1.64. The summed E-state index contributed by atoms with van der Waals surface area (Å²) in [5, 5.41) is 12.7. The molecule has 2 N–H and O–H groups in total. The monoisotopic (exact) mass is 333 g/mol. The van der Waals surface area contributed by atoms with Crippen molar-refractivity contribution < 1.29 is 14.6 Å². The molecular weight excluding hydrogens is 314 g/mol. The van der Waals surface area contributed by atoms with Crippen LogP contribution in [0.2, 0.25) is 0 Å². The second-order valence-corrected chi connectivity index (χ2v) is 6.07. The molecule has 0 bridgehead atoms. The highest BCUT2D eigenvalue weighted by Gasteiger charge is 2.32. The number of nitrogens with zero attached hydrogens (tertiary/aromatic N) is 2. The van der Waals surface area contributed by atoms with Gasteiger partial charge >= 0.3 is 6.09 Å². The average Bonchev–Trinajstić information content (AvgIpc) is 2.28. The van der Waals surface area contributed by atoms with Crippen molar-refractivity contribution in [3.63, 3.8) is 0 Å². The van der Waals surface area contributed by atoms with Gasteiger partial charge in [0.1, 0.15) is 0 Å². The van der Waals surface area contributed by atoms with E-state index in [1.165, 1.54) is 4.90 Å². The lowest BCUT2D eigenvalue weighted by molar-refractivity contribution is 0.101. The highest BCUT2D eigenvalue weighted by molar-refractivity contribution is 9.11. The normalized spacial score (nSPS) is 20.3. The zero-order chi connectivity index (χ0) is 14.8. The molecular formula is C12H20BrN3O3. The summed E-state index contributed by atoms with van der Waals surface area (Å²) in [6.45, 7) is 7.93. The van der Waals surface area contributed by atoms with Crippen molar-refractivity contribution in [1.29, 1.82) is 0 Å². The van der Waals surface area contributed by atoms with Crippen LogP contribution >= 0.6 is 15.9 Å². The third-order valence-electron chi connectivity index (χ3n) is 2.57. The molecule has 1 aliphatic heterocycles. The maximum absolute atomic E-state index is 11.5. The van der Waals surface area contributed by atoms with Gasteiger partial charge in [-0.1, -0.05) is 20.8 Å². The second-order valence-electron chi connectivity index (χ2n) is 5.21. The lowest BCUT2D eigenvalue weighted by Gasteiger charge is -2.34. The molecule has 1 rings (SSSR count). The fraction of sp³-hybridized carbons (Fsp3) is 0.667. The van der Waals surface area contributed by atoms with E-state index in [4.69, 9.17) is 4.74 Å². The molecule has 108 valence electrons. The molecule has 19 heavy (non-hydrogen) atoms. The van der Waals surface area contributed by atoms with Crippen LogP contribution in [0, 0.1) is 5.41 Å². The van der Waals surface area contributed by atoms with E-state index in [-0.39, 0.29) is 18.0 Å². The number of halogens is 1. The SMILES string of the molecule is CCOC(=O)NC1=NC(C(C)(C)C)=C(Br)C(O)N1C. The molecule has 0 aromatic carbocycles. The Morgan fingerprint density at radius 1 is 1.58 bits per heavy atom. The Kier molecular flexibility index (Phi) is 4.98. The van der Waals surface area contributed by atoms with Crippen LogP contribution in [0.5, 0.6) is 0 Å². The molecule has 0 saturated carbocycles. The first-order chi connectivity index (χ1) is 8.68. The van der Waals surface area contributed by atoms with Gasteiger partial charge in [0.2, 0.25) is 5.96 Å². The molecule has 0 aromatic heterocycles. The van der Waals surface area contributed by atoms with E-state index in [0.717, 1.165) is 0 Å². The average molecular weight is 334 g/mol. The van der Waals surface area contributed by atoms with Crippen LogP contribution in [0.4, 0.5) is 4.79 Å². The number of carbonyl (C=O) groups excluding carboxylic acids is 1. The van der Waals surface area contributed by atoms with Gasteiger partial charge in [0.25, 0.3) is 0 Å². The van der Waals surface area contributed by atoms with Gasteiger partial charge in [-0.3, -0.25) is 5.32 Å². The number of aliphatic imine (C=N–C) groups is 1. The standard InChI is InChI=1S/C12H20BrN3O3/c1-6-19-11(18)15-10-14-8(12(2,3)4)7(13)9(17)16(10)5/h9,17H,6H2,1-5H3,(H,14,15,18). The topological polar surface area (TPSA) is 74.2 Å². The number of ether oxygens (including phenoxy) is 1.